The second-order valence-electron chi connectivity index (χ2n) is 3.40. The summed E-state index contributed by atoms with van der Waals surface area (Å²) in [5, 5.41) is 3.38. The lowest BCUT2D eigenvalue weighted by molar-refractivity contribution is -0.138. The first-order chi connectivity index (χ1) is 8.30. The van der Waals surface area contributed by atoms with E-state index < -0.39 is 11.7 Å². The van der Waals surface area contributed by atoms with Gasteiger partial charge < -0.3 is 10.3 Å². The zero-order valence-corrected chi connectivity index (χ0v) is 10.9. The van der Waals surface area contributed by atoms with Gasteiger partial charge in [0, 0.05) is 10.0 Å². The van der Waals surface area contributed by atoms with E-state index in [0.29, 0.717) is 0 Å². The largest absolute Gasteiger partial charge is 0.417 e. The van der Waals surface area contributed by atoms with Crippen molar-refractivity contribution in [3.05, 3.63) is 33.3 Å². The number of nitrogens with two attached hydrogens (primary N) is 1. The molecule has 0 bridgehead atoms. The van der Waals surface area contributed by atoms with Crippen LogP contribution in [0.25, 0.3) is 11.3 Å². The Bertz CT molecular complexity index is 597. The van der Waals surface area contributed by atoms with E-state index in [1.807, 2.05) is 0 Å². The van der Waals surface area contributed by atoms with E-state index in [1.54, 1.807) is 0 Å². The zero-order chi connectivity index (χ0) is 13.5. The number of rotatable bonds is 1. The molecule has 0 spiro atoms. The minimum Gasteiger partial charge on any atom is -0.380 e. The maximum Gasteiger partial charge on any atom is 0.417 e. The topological polar surface area (TPSA) is 52.0 Å². The number of hydrogen-bond acceptors (Lipinski definition) is 3. The number of benzene rings is 1. The molecule has 0 atom stereocenters. The van der Waals surface area contributed by atoms with E-state index in [-0.39, 0.29) is 26.6 Å². The minimum atomic E-state index is -4.48. The van der Waals surface area contributed by atoms with E-state index in [9.17, 15) is 13.2 Å². The standard InChI is InChI=1S/C10H5BrClF3N2O/c11-6-2-1-4(3-5(6)10(13,14)15)8-7(12)9(16)17-18-8/h1-3H,(H2,16,17). The Labute approximate surface area is 113 Å². The number of halogens is 5. The Morgan fingerprint density at radius 3 is 2.50 bits per heavy atom. The normalized spacial score (nSPS) is 11.8. The monoisotopic (exact) mass is 340 g/mol. The van der Waals surface area contributed by atoms with Gasteiger partial charge in [-0.25, -0.2) is 0 Å². The van der Waals surface area contributed by atoms with Gasteiger partial charge in [-0.2, -0.15) is 13.2 Å². The molecule has 0 saturated heterocycles. The van der Waals surface area contributed by atoms with Crippen LogP contribution < -0.4 is 5.73 Å². The molecule has 1 heterocycles. The molecule has 18 heavy (non-hydrogen) atoms. The van der Waals surface area contributed by atoms with Gasteiger partial charge in [-0.3, -0.25) is 0 Å². The molecule has 0 aliphatic carbocycles. The van der Waals surface area contributed by atoms with Gasteiger partial charge in [-0.05, 0) is 18.2 Å². The number of aromatic nitrogens is 1. The third-order valence-electron chi connectivity index (χ3n) is 2.19. The highest BCUT2D eigenvalue weighted by atomic mass is 79.9. The van der Waals surface area contributed by atoms with Crippen LogP contribution in [0.4, 0.5) is 19.0 Å². The van der Waals surface area contributed by atoms with Crippen molar-refractivity contribution >= 4 is 33.3 Å². The first kappa shape index (κ1) is 13.2. The Morgan fingerprint density at radius 2 is 2.00 bits per heavy atom. The fourth-order valence-electron chi connectivity index (χ4n) is 1.35. The molecule has 0 amide bonds. The Balaban J connectivity index is 2.58. The minimum absolute atomic E-state index is 0.00664. The van der Waals surface area contributed by atoms with Crippen molar-refractivity contribution < 1.29 is 17.7 Å². The molecule has 3 nitrogen and oxygen atoms in total. The van der Waals surface area contributed by atoms with Crippen LogP contribution in [0.1, 0.15) is 5.56 Å². The zero-order valence-electron chi connectivity index (χ0n) is 8.55. The summed E-state index contributed by atoms with van der Waals surface area (Å²) in [6, 6.07) is 3.59. The summed E-state index contributed by atoms with van der Waals surface area (Å²) in [7, 11) is 0. The smallest absolute Gasteiger partial charge is 0.380 e. The van der Waals surface area contributed by atoms with Gasteiger partial charge in [0.15, 0.2) is 11.6 Å². The molecule has 0 radical (unpaired) electrons. The molecule has 0 unspecified atom stereocenters. The molecule has 0 aliphatic rings. The molecule has 1 aromatic heterocycles. The summed E-state index contributed by atoms with van der Waals surface area (Å²) in [5.74, 6) is -0.0599. The van der Waals surface area contributed by atoms with E-state index in [2.05, 4.69) is 21.1 Å². The van der Waals surface area contributed by atoms with Crippen LogP contribution in [0.3, 0.4) is 0 Å². The molecule has 1 aromatic carbocycles. The van der Waals surface area contributed by atoms with E-state index in [1.165, 1.54) is 12.1 Å². The summed E-state index contributed by atoms with van der Waals surface area (Å²) >= 11 is 8.61. The van der Waals surface area contributed by atoms with Gasteiger partial charge in [0.05, 0.1) is 5.56 Å². The summed E-state index contributed by atoms with van der Waals surface area (Å²) < 4.78 is 42.9. The van der Waals surface area contributed by atoms with Gasteiger partial charge >= 0.3 is 6.18 Å². The van der Waals surface area contributed by atoms with Crippen molar-refractivity contribution in [1.29, 1.82) is 0 Å². The molecule has 0 saturated carbocycles. The first-order valence-electron chi connectivity index (χ1n) is 4.58. The fraction of sp³-hybridized carbons (Fsp3) is 0.100. The van der Waals surface area contributed by atoms with Crippen LogP contribution >= 0.6 is 27.5 Å². The maximum absolute atomic E-state index is 12.7. The lowest BCUT2D eigenvalue weighted by atomic mass is 10.1. The maximum atomic E-state index is 12.7. The molecule has 8 heteroatoms. The Morgan fingerprint density at radius 1 is 1.33 bits per heavy atom. The second kappa shape index (κ2) is 4.47. The average Bonchev–Trinajstić information content (AvgIpc) is 2.59. The van der Waals surface area contributed by atoms with E-state index in [0.717, 1.165) is 6.07 Å². The third kappa shape index (κ3) is 2.32. The first-order valence-corrected chi connectivity index (χ1v) is 5.75. The van der Waals surface area contributed by atoms with E-state index >= 15 is 0 Å². The van der Waals surface area contributed by atoms with Crippen molar-refractivity contribution in [3.8, 4) is 11.3 Å². The Kier molecular flexibility index (Phi) is 3.29. The van der Waals surface area contributed by atoms with Crippen LogP contribution in [0, 0.1) is 0 Å². The van der Waals surface area contributed by atoms with Crippen molar-refractivity contribution in [2.24, 2.45) is 0 Å². The van der Waals surface area contributed by atoms with Crippen molar-refractivity contribution in [2.45, 2.75) is 6.18 Å². The highest BCUT2D eigenvalue weighted by molar-refractivity contribution is 9.10. The van der Waals surface area contributed by atoms with Crippen LogP contribution in [-0.4, -0.2) is 5.16 Å². The highest BCUT2D eigenvalue weighted by Crippen LogP contribution is 2.39. The lowest BCUT2D eigenvalue weighted by Crippen LogP contribution is -2.06. The van der Waals surface area contributed by atoms with Gasteiger partial charge in [0.1, 0.15) is 5.02 Å². The fourth-order valence-corrected chi connectivity index (χ4v) is 2.00. The molecule has 96 valence electrons. The van der Waals surface area contributed by atoms with Crippen molar-refractivity contribution in [3.63, 3.8) is 0 Å². The molecule has 2 rings (SSSR count). The Hall–Kier alpha value is -1.21. The quantitative estimate of drug-likeness (QED) is 0.838. The number of anilines is 1. The SMILES string of the molecule is Nc1noc(-c2ccc(Br)c(C(F)(F)F)c2)c1Cl. The van der Waals surface area contributed by atoms with E-state index in [4.69, 9.17) is 21.9 Å². The molecule has 0 aliphatic heterocycles. The summed E-state index contributed by atoms with van der Waals surface area (Å²) in [4.78, 5) is 0. The highest BCUT2D eigenvalue weighted by Gasteiger charge is 2.33. The van der Waals surface area contributed by atoms with Crippen LogP contribution in [0.2, 0.25) is 5.02 Å². The van der Waals surface area contributed by atoms with Gasteiger partial charge in [0.2, 0.25) is 0 Å². The predicted molar refractivity (Wildman–Crippen MR) is 64.1 cm³/mol. The summed E-state index contributed by atoms with van der Waals surface area (Å²) in [5.41, 5.74) is 4.69. The van der Waals surface area contributed by atoms with Crippen molar-refractivity contribution in [1.82, 2.24) is 5.16 Å². The lowest BCUT2D eigenvalue weighted by Gasteiger charge is -2.10. The van der Waals surface area contributed by atoms with Crippen LogP contribution in [0.5, 0.6) is 0 Å². The van der Waals surface area contributed by atoms with Crippen LogP contribution in [-0.2, 0) is 6.18 Å². The van der Waals surface area contributed by atoms with Crippen LogP contribution in [0.15, 0.2) is 27.2 Å². The number of nitrogen functional groups attached to an aromatic ring is 1. The van der Waals surface area contributed by atoms with Gasteiger partial charge in [-0.15, -0.1) is 0 Å². The van der Waals surface area contributed by atoms with Gasteiger partial charge in [-0.1, -0.05) is 32.7 Å². The summed E-state index contributed by atoms with van der Waals surface area (Å²) in [6.45, 7) is 0. The average molecular weight is 342 g/mol. The molecule has 2 N–H and O–H groups in total. The summed E-state index contributed by atoms with van der Waals surface area (Å²) in [6.07, 6.45) is -4.48. The molecule has 0 fully saturated rings. The molecular weight excluding hydrogens is 336 g/mol. The third-order valence-corrected chi connectivity index (χ3v) is 3.25. The molecular formula is C10H5BrClF3N2O. The number of nitrogens with zero attached hydrogens (tertiary/aromatic N) is 1. The predicted octanol–water partition coefficient (Wildman–Crippen LogP) is 4.36. The van der Waals surface area contributed by atoms with Gasteiger partial charge in [0.25, 0.3) is 0 Å². The second-order valence-corrected chi connectivity index (χ2v) is 4.64. The number of hydrogen-bond donors (Lipinski definition) is 1. The van der Waals surface area contributed by atoms with Crippen molar-refractivity contribution in [2.75, 3.05) is 5.73 Å². The molecule has 2 aromatic rings. The number of alkyl halides is 3.